The van der Waals surface area contributed by atoms with Crippen LogP contribution in [0, 0.1) is 0 Å². The summed E-state index contributed by atoms with van der Waals surface area (Å²) in [6, 6.07) is 11.5. The Morgan fingerprint density at radius 3 is 2.86 bits per heavy atom. The number of aromatic nitrogens is 4. The lowest BCUT2D eigenvalue weighted by molar-refractivity contribution is 0.293. The van der Waals surface area contributed by atoms with Crippen LogP contribution in [0.1, 0.15) is 49.7 Å². The molecule has 0 saturated carbocycles. The van der Waals surface area contributed by atoms with Crippen LogP contribution in [0.2, 0.25) is 5.02 Å². The maximum absolute atomic E-state index is 6.46. The topological polar surface area (TPSA) is 65.2 Å². The van der Waals surface area contributed by atoms with Crippen molar-refractivity contribution in [2.75, 3.05) is 6.61 Å². The molecule has 0 bridgehead atoms. The van der Waals surface area contributed by atoms with Crippen LogP contribution in [0.5, 0.6) is 5.88 Å². The molecule has 0 radical (unpaired) electrons. The molecule has 0 spiro atoms. The molecule has 28 heavy (non-hydrogen) atoms. The Hall–Kier alpha value is -2.73. The summed E-state index contributed by atoms with van der Waals surface area (Å²) in [5.41, 5.74) is 3.17. The van der Waals surface area contributed by atoms with Crippen molar-refractivity contribution in [2.45, 2.75) is 39.2 Å². The Balaban J connectivity index is 1.71. The highest BCUT2D eigenvalue weighted by Crippen LogP contribution is 2.27. The minimum absolute atomic E-state index is 0.407. The third-order valence-electron chi connectivity index (χ3n) is 4.71. The van der Waals surface area contributed by atoms with Crippen molar-refractivity contribution in [3.8, 4) is 11.6 Å². The summed E-state index contributed by atoms with van der Waals surface area (Å²) < 4.78 is 7.82. The summed E-state index contributed by atoms with van der Waals surface area (Å²) in [5, 5.41) is 8.84. The van der Waals surface area contributed by atoms with Crippen molar-refractivity contribution >= 4 is 17.3 Å². The highest BCUT2D eigenvalue weighted by Gasteiger charge is 2.23. The summed E-state index contributed by atoms with van der Waals surface area (Å²) in [6.07, 6.45) is 6.30. The van der Waals surface area contributed by atoms with E-state index in [0.29, 0.717) is 24.1 Å². The van der Waals surface area contributed by atoms with Crippen LogP contribution in [-0.2, 0) is 6.54 Å². The van der Waals surface area contributed by atoms with Gasteiger partial charge >= 0.3 is 0 Å². The van der Waals surface area contributed by atoms with Crippen LogP contribution in [0.15, 0.2) is 47.7 Å². The molecule has 3 aromatic rings. The van der Waals surface area contributed by atoms with E-state index in [-0.39, 0.29) is 0 Å². The largest absolute Gasteiger partial charge is 0.478 e. The number of benzene rings is 1. The van der Waals surface area contributed by atoms with Crippen LogP contribution in [0.4, 0.5) is 0 Å². The molecule has 4 rings (SSSR count). The van der Waals surface area contributed by atoms with Crippen LogP contribution in [-0.4, -0.2) is 32.1 Å². The van der Waals surface area contributed by atoms with Crippen molar-refractivity contribution in [3.63, 3.8) is 0 Å². The fourth-order valence-corrected chi connectivity index (χ4v) is 3.47. The predicted octanol–water partition coefficient (Wildman–Crippen LogP) is 4.63. The van der Waals surface area contributed by atoms with Crippen LogP contribution in [0.3, 0.4) is 0 Å². The smallest absolute Gasteiger partial charge is 0.213 e. The zero-order valence-corrected chi connectivity index (χ0v) is 16.6. The first kappa shape index (κ1) is 18.6. The standard InChI is InChI=1S/C21H22ClN5O/c1-2-3-4-7-12-28-19-11-10-17-21(25-19)20(15-8-5-6-9-16(15)22)23-13-18-26-24-14-27(17)18/h5-6,8-11,14H,2-4,7,12-13H2,1H3. The van der Waals surface area contributed by atoms with Gasteiger partial charge in [-0.15, -0.1) is 10.2 Å². The molecule has 0 N–H and O–H groups in total. The zero-order chi connectivity index (χ0) is 19.3. The number of halogens is 1. The summed E-state index contributed by atoms with van der Waals surface area (Å²) in [7, 11) is 0. The fourth-order valence-electron chi connectivity index (χ4n) is 3.25. The molecule has 7 heteroatoms. The van der Waals surface area contributed by atoms with Crippen LogP contribution >= 0.6 is 11.6 Å². The molecule has 3 heterocycles. The van der Waals surface area contributed by atoms with Gasteiger partial charge in [0.2, 0.25) is 5.88 Å². The van der Waals surface area contributed by atoms with E-state index in [1.807, 2.05) is 41.0 Å². The van der Waals surface area contributed by atoms with Gasteiger partial charge < -0.3 is 4.74 Å². The molecule has 0 aliphatic carbocycles. The number of pyridine rings is 1. The molecule has 1 aliphatic rings. The Morgan fingerprint density at radius 1 is 1.11 bits per heavy atom. The lowest BCUT2D eigenvalue weighted by Gasteiger charge is -2.13. The molecular formula is C21H22ClN5O. The molecular weight excluding hydrogens is 374 g/mol. The van der Waals surface area contributed by atoms with Gasteiger partial charge in [-0.25, -0.2) is 4.98 Å². The second kappa shape index (κ2) is 8.52. The third kappa shape index (κ3) is 3.78. The Bertz CT molecular complexity index is 998. The third-order valence-corrected chi connectivity index (χ3v) is 5.04. The minimum atomic E-state index is 0.407. The number of fused-ring (bicyclic) bond motifs is 3. The van der Waals surface area contributed by atoms with E-state index in [4.69, 9.17) is 26.3 Å². The van der Waals surface area contributed by atoms with Crippen molar-refractivity contribution in [1.29, 1.82) is 0 Å². The van der Waals surface area contributed by atoms with Crippen LogP contribution < -0.4 is 4.74 Å². The maximum Gasteiger partial charge on any atom is 0.213 e. The second-order valence-corrected chi connectivity index (χ2v) is 7.10. The van der Waals surface area contributed by atoms with Gasteiger partial charge in [-0.3, -0.25) is 9.56 Å². The number of rotatable bonds is 7. The highest BCUT2D eigenvalue weighted by molar-refractivity contribution is 6.35. The van der Waals surface area contributed by atoms with E-state index in [2.05, 4.69) is 17.1 Å². The van der Waals surface area contributed by atoms with Crippen molar-refractivity contribution in [3.05, 3.63) is 64.8 Å². The van der Waals surface area contributed by atoms with Gasteiger partial charge in [0.05, 0.1) is 23.0 Å². The van der Waals surface area contributed by atoms with E-state index in [9.17, 15) is 0 Å². The van der Waals surface area contributed by atoms with E-state index in [0.717, 1.165) is 41.3 Å². The predicted molar refractivity (Wildman–Crippen MR) is 110 cm³/mol. The average Bonchev–Trinajstić information content (AvgIpc) is 3.12. The molecule has 1 aliphatic heterocycles. The Morgan fingerprint density at radius 2 is 2.00 bits per heavy atom. The molecule has 0 fully saturated rings. The number of hydrogen-bond donors (Lipinski definition) is 0. The molecule has 1 aromatic carbocycles. The Kier molecular flexibility index (Phi) is 5.67. The van der Waals surface area contributed by atoms with E-state index in [1.54, 1.807) is 6.33 Å². The van der Waals surface area contributed by atoms with Gasteiger partial charge in [-0.2, -0.15) is 0 Å². The summed E-state index contributed by atoms with van der Waals surface area (Å²) >= 11 is 6.46. The number of nitrogens with zero attached hydrogens (tertiary/aromatic N) is 5. The fraction of sp³-hybridized carbons (Fsp3) is 0.333. The van der Waals surface area contributed by atoms with Crippen LogP contribution in [0.25, 0.3) is 5.69 Å². The minimum Gasteiger partial charge on any atom is -0.478 e. The normalized spacial score (nSPS) is 12.7. The van der Waals surface area contributed by atoms with E-state index in [1.165, 1.54) is 12.8 Å². The lowest BCUT2D eigenvalue weighted by atomic mass is 10.1. The second-order valence-electron chi connectivity index (χ2n) is 6.69. The van der Waals surface area contributed by atoms with Gasteiger partial charge in [0.1, 0.15) is 18.6 Å². The van der Waals surface area contributed by atoms with Gasteiger partial charge in [0.15, 0.2) is 5.82 Å². The van der Waals surface area contributed by atoms with Gasteiger partial charge in [0, 0.05) is 11.6 Å². The quantitative estimate of drug-likeness (QED) is 0.547. The number of ether oxygens (including phenoxy) is 1. The molecule has 0 atom stereocenters. The summed E-state index contributed by atoms with van der Waals surface area (Å²) in [4.78, 5) is 9.54. The van der Waals surface area contributed by atoms with E-state index >= 15 is 0 Å². The first-order valence-corrected chi connectivity index (χ1v) is 9.98. The first-order valence-electron chi connectivity index (χ1n) is 9.60. The van der Waals surface area contributed by atoms with Crippen molar-refractivity contribution < 1.29 is 4.74 Å². The first-order chi connectivity index (χ1) is 13.8. The van der Waals surface area contributed by atoms with Gasteiger partial charge in [0.25, 0.3) is 0 Å². The molecule has 0 unspecified atom stereocenters. The molecule has 2 aromatic heterocycles. The van der Waals surface area contributed by atoms with Gasteiger partial charge in [-0.05, 0) is 18.6 Å². The zero-order valence-electron chi connectivity index (χ0n) is 15.8. The van der Waals surface area contributed by atoms with Gasteiger partial charge in [-0.1, -0.05) is 56.0 Å². The molecule has 144 valence electrons. The molecule has 0 amide bonds. The number of aliphatic imine (C=N–C) groups is 1. The Labute approximate surface area is 169 Å². The monoisotopic (exact) mass is 395 g/mol. The lowest BCUT2D eigenvalue weighted by Crippen LogP contribution is -2.11. The molecule has 0 saturated heterocycles. The average molecular weight is 396 g/mol. The maximum atomic E-state index is 6.46. The molecule has 6 nitrogen and oxygen atoms in total. The summed E-state index contributed by atoms with van der Waals surface area (Å²) in [6.45, 7) is 3.26. The highest BCUT2D eigenvalue weighted by atomic mass is 35.5. The summed E-state index contributed by atoms with van der Waals surface area (Å²) in [5.74, 6) is 1.35. The van der Waals surface area contributed by atoms with Crippen molar-refractivity contribution in [2.24, 2.45) is 4.99 Å². The van der Waals surface area contributed by atoms with E-state index < -0.39 is 0 Å². The SMILES string of the molecule is CCCCCCOc1ccc2c(n1)C(c1ccccc1Cl)=NCc1nncn1-2. The van der Waals surface area contributed by atoms with Crippen molar-refractivity contribution in [1.82, 2.24) is 19.7 Å². The number of unbranched alkanes of at least 4 members (excludes halogenated alkanes) is 3. The number of hydrogen-bond acceptors (Lipinski definition) is 5.